The van der Waals surface area contributed by atoms with Gasteiger partial charge in [-0.1, -0.05) is 43.3 Å². The Morgan fingerprint density at radius 3 is 2.48 bits per heavy atom. The van der Waals surface area contributed by atoms with E-state index in [0.29, 0.717) is 43.4 Å². The van der Waals surface area contributed by atoms with Crippen molar-refractivity contribution in [1.82, 2.24) is 25.3 Å². The van der Waals surface area contributed by atoms with Gasteiger partial charge in [0.15, 0.2) is 11.6 Å². The molecule has 3 aliphatic heterocycles. The zero-order valence-electron chi connectivity index (χ0n) is 28.5. The summed E-state index contributed by atoms with van der Waals surface area (Å²) >= 11 is 1.61. The fraction of sp³-hybridized carbons (Fsp3) is 0.611. The van der Waals surface area contributed by atoms with Crippen molar-refractivity contribution in [2.24, 2.45) is 11.8 Å². The summed E-state index contributed by atoms with van der Waals surface area (Å²) in [5.74, 6) is -1.86. The van der Waals surface area contributed by atoms with Gasteiger partial charge in [0.2, 0.25) is 11.8 Å². The Balaban J connectivity index is 1.05. The van der Waals surface area contributed by atoms with Gasteiger partial charge >= 0.3 is 0 Å². The van der Waals surface area contributed by atoms with Crippen molar-refractivity contribution in [3.63, 3.8) is 0 Å². The van der Waals surface area contributed by atoms with E-state index in [1.165, 1.54) is 0 Å². The second-order valence-electron chi connectivity index (χ2n) is 14.2. The Kier molecular flexibility index (Phi) is 10.5. The van der Waals surface area contributed by atoms with Crippen LogP contribution in [0.5, 0.6) is 0 Å². The number of thiazole rings is 1. The van der Waals surface area contributed by atoms with Crippen LogP contribution in [-0.4, -0.2) is 83.0 Å². The number of likely N-dealkylation sites (tertiary alicyclic amines) is 2. The maximum atomic E-state index is 14.1. The van der Waals surface area contributed by atoms with Crippen LogP contribution >= 0.6 is 11.3 Å². The SMILES string of the molecule is Cc1ncsc1-c1ccc(C(C)NC(=O)C2CCCN2C(=O)C(c2cc(N3CCC(CN4CCCC(F)(F)C4)CC3)no2)C(C)C)cc1. The molecule has 9 nitrogen and oxygen atoms in total. The summed E-state index contributed by atoms with van der Waals surface area (Å²) in [5.41, 5.74) is 4.95. The van der Waals surface area contributed by atoms with E-state index in [0.717, 1.165) is 60.6 Å². The lowest BCUT2D eigenvalue weighted by Crippen LogP contribution is -2.48. The lowest BCUT2D eigenvalue weighted by atomic mass is 9.91. The number of carbonyl (C=O) groups is 2. The van der Waals surface area contributed by atoms with Crippen LogP contribution in [0.1, 0.15) is 88.3 Å². The van der Waals surface area contributed by atoms with Crippen LogP contribution < -0.4 is 10.2 Å². The molecule has 3 saturated heterocycles. The van der Waals surface area contributed by atoms with E-state index in [-0.39, 0.29) is 36.7 Å². The third kappa shape index (κ3) is 7.75. The molecule has 6 rings (SSSR count). The molecule has 3 aromatic rings. The molecule has 5 heterocycles. The molecule has 48 heavy (non-hydrogen) atoms. The highest BCUT2D eigenvalue weighted by Crippen LogP contribution is 2.35. The highest BCUT2D eigenvalue weighted by atomic mass is 32.1. The molecule has 0 radical (unpaired) electrons. The van der Waals surface area contributed by atoms with E-state index in [2.05, 4.69) is 32.5 Å². The molecule has 1 aromatic carbocycles. The van der Waals surface area contributed by atoms with Crippen molar-refractivity contribution < 1.29 is 22.9 Å². The van der Waals surface area contributed by atoms with Crippen molar-refractivity contribution in [3.05, 3.63) is 52.9 Å². The van der Waals surface area contributed by atoms with Crippen LogP contribution in [0.4, 0.5) is 14.6 Å². The molecule has 12 heteroatoms. The molecule has 0 aliphatic carbocycles. The van der Waals surface area contributed by atoms with Gasteiger partial charge in [0, 0.05) is 38.7 Å². The zero-order valence-corrected chi connectivity index (χ0v) is 29.3. The summed E-state index contributed by atoms with van der Waals surface area (Å²) < 4.78 is 33.6. The standard InChI is InChI=1S/C36H48F2N6O3S/c1-23(2)32(30-19-31(41-47-30)43-17-12-26(13-18-43)20-42-15-6-14-36(37,38)21-42)35(46)44-16-5-7-29(44)34(45)40-24(3)27-8-10-28(11-9-27)33-25(4)39-22-48-33/h8-11,19,22-24,26,29,32H,5-7,12-18,20-21H2,1-4H3,(H,40,45). The maximum Gasteiger partial charge on any atom is 0.260 e. The number of hydrogen-bond donors (Lipinski definition) is 1. The number of aryl methyl sites for hydroxylation is 1. The van der Waals surface area contributed by atoms with Gasteiger partial charge in [0.25, 0.3) is 5.92 Å². The van der Waals surface area contributed by atoms with Crippen molar-refractivity contribution >= 4 is 29.0 Å². The molecular formula is C36H48F2N6O3S. The summed E-state index contributed by atoms with van der Waals surface area (Å²) in [7, 11) is 0. The van der Waals surface area contributed by atoms with E-state index in [1.54, 1.807) is 16.2 Å². The number of piperidine rings is 2. The second-order valence-corrected chi connectivity index (χ2v) is 15.1. The molecule has 2 aromatic heterocycles. The molecule has 260 valence electrons. The van der Waals surface area contributed by atoms with Gasteiger partial charge in [0.1, 0.15) is 12.0 Å². The fourth-order valence-corrected chi connectivity index (χ4v) is 8.41. The molecular weight excluding hydrogens is 634 g/mol. The number of nitrogens with zero attached hydrogens (tertiary/aromatic N) is 5. The number of halogens is 2. The number of hydrogen-bond acceptors (Lipinski definition) is 8. The number of alkyl halides is 2. The molecule has 0 spiro atoms. The van der Waals surface area contributed by atoms with Crippen LogP contribution in [0.25, 0.3) is 10.4 Å². The van der Waals surface area contributed by atoms with Gasteiger partial charge in [-0.15, -0.1) is 11.3 Å². The number of amides is 2. The fourth-order valence-electron chi connectivity index (χ4n) is 7.60. The summed E-state index contributed by atoms with van der Waals surface area (Å²) in [6.07, 6.45) is 3.72. The molecule has 0 bridgehead atoms. The zero-order chi connectivity index (χ0) is 34.0. The van der Waals surface area contributed by atoms with Crippen molar-refractivity contribution in [2.45, 2.75) is 90.1 Å². The van der Waals surface area contributed by atoms with Gasteiger partial charge in [-0.2, -0.15) is 0 Å². The Hall–Kier alpha value is -3.38. The number of nitrogens with one attached hydrogen (secondary N) is 1. The molecule has 3 atom stereocenters. The van der Waals surface area contributed by atoms with Crippen LogP contribution in [0.3, 0.4) is 0 Å². The predicted molar refractivity (Wildman–Crippen MR) is 183 cm³/mol. The Morgan fingerprint density at radius 2 is 1.81 bits per heavy atom. The van der Waals surface area contributed by atoms with E-state index in [1.807, 2.05) is 56.3 Å². The van der Waals surface area contributed by atoms with E-state index in [9.17, 15) is 18.4 Å². The largest absolute Gasteiger partial charge is 0.358 e. The minimum Gasteiger partial charge on any atom is -0.358 e. The number of carbonyl (C=O) groups excluding carboxylic acids is 2. The first-order chi connectivity index (χ1) is 23.0. The number of aromatic nitrogens is 2. The lowest BCUT2D eigenvalue weighted by molar-refractivity contribution is -0.141. The third-order valence-corrected chi connectivity index (χ3v) is 11.3. The quantitative estimate of drug-likeness (QED) is 0.256. The topological polar surface area (TPSA) is 94.8 Å². The van der Waals surface area contributed by atoms with Crippen molar-refractivity contribution in [1.29, 1.82) is 0 Å². The Labute approximate surface area is 286 Å². The van der Waals surface area contributed by atoms with Gasteiger partial charge < -0.3 is 19.6 Å². The van der Waals surface area contributed by atoms with Crippen LogP contribution in [-0.2, 0) is 9.59 Å². The Morgan fingerprint density at radius 1 is 1.06 bits per heavy atom. The van der Waals surface area contributed by atoms with Crippen molar-refractivity contribution in [3.8, 4) is 10.4 Å². The first-order valence-corrected chi connectivity index (χ1v) is 18.3. The smallest absolute Gasteiger partial charge is 0.260 e. The normalized spacial score (nSPS) is 21.9. The van der Waals surface area contributed by atoms with Gasteiger partial charge in [-0.05, 0) is 75.5 Å². The molecule has 0 saturated carbocycles. The first-order valence-electron chi connectivity index (χ1n) is 17.4. The Bertz CT molecular complexity index is 1550. The number of benzene rings is 1. The summed E-state index contributed by atoms with van der Waals surface area (Å²) in [5, 5.41) is 7.51. The summed E-state index contributed by atoms with van der Waals surface area (Å²) in [4.78, 5) is 38.9. The highest BCUT2D eigenvalue weighted by Gasteiger charge is 2.41. The minimum atomic E-state index is -2.58. The minimum absolute atomic E-state index is 0.00873. The molecule has 3 aliphatic rings. The molecule has 2 amide bonds. The van der Waals surface area contributed by atoms with E-state index >= 15 is 0 Å². The maximum absolute atomic E-state index is 14.1. The first kappa shape index (κ1) is 34.5. The van der Waals surface area contributed by atoms with Crippen LogP contribution in [0, 0.1) is 18.8 Å². The molecule has 3 fully saturated rings. The third-order valence-electron chi connectivity index (χ3n) is 10.3. The average molecular weight is 683 g/mol. The van der Waals surface area contributed by atoms with Gasteiger partial charge in [-0.25, -0.2) is 13.8 Å². The number of rotatable bonds is 10. The van der Waals surface area contributed by atoms with Gasteiger partial charge in [-0.3, -0.25) is 14.5 Å². The van der Waals surface area contributed by atoms with Crippen molar-refractivity contribution in [2.75, 3.05) is 44.2 Å². The van der Waals surface area contributed by atoms with E-state index in [4.69, 9.17) is 4.52 Å². The average Bonchev–Trinajstić information content (AvgIpc) is 3.83. The predicted octanol–water partition coefficient (Wildman–Crippen LogP) is 6.66. The highest BCUT2D eigenvalue weighted by molar-refractivity contribution is 7.13. The molecule has 3 unspecified atom stereocenters. The molecule has 1 N–H and O–H groups in total. The number of anilines is 1. The lowest BCUT2D eigenvalue weighted by Gasteiger charge is -2.38. The monoisotopic (exact) mass is 682 g/mol. The summed E-state index contributed by atoms with van der Waals surface area (Å²) in [6, 6.07) is 9.31. The summed E-state index contributed by atoms with van der Waals surface area (Å²) in [6.45, 7) is 11.3. The van der Waals surface area contributed by atoms with E-state index < -0.39 is 17.9 Å². The second kappa shape index (κ2) is 14.6. The van der Waals surface area contributed by atoms with Crippen LogP contribution in [0.15, 0.2) is 40.4 Å². The van der Waals surface area contributed by atoms with Gasteiger partial charge in [0.05, 0.1) is 28.7 Å². The van der Waals surface area contributed by atoms with Crippen LogP contribution in [0.2, 0.25) is 0 Å².